The van der Waals surface area contributed by atoms with Crippen LogP contribution in [-0.4, -0.2) is 33.5 Å². The van der Waals surface area contributed by atoms with Gasteiger partial charge in [0.25, 0.3) is 0 Å². The maximum absolute atomic E-state index is 5.69. The normalized spacial score (nSPS) is 10.3. The predicted molar refractivity (Wildman–Crippen MR) is 81.5 cm³/mol. The van der Waals surface area contributed by atoms with Crippen molar-refractivity contribution in [2.45, 2.75) is 19.9 Å². The Labute approximate surface area is 121 Å². The highest BCUT2D eigenvalue weighted by Crippen LogP contribution is 2.25. The summed E-state index contributed by atoms with van der Waals surface area (Å²) in [4.78, 5) is 0. The van der Waals surface area contributed by atoms with Crippen LogP contribution in [0, 0.1) is 0 Å². The second kappa shape index (κ2) is 10.3. The minimum Gasteiger partial charge on any atom is -0.493 e. The molecule has 0 aromatic heterocycles. The molecule has 0 radical (unpaired) electrons. The molecule has 0 spiro atoms. The first-order valence-corrected chi connectivity index (χ1v) is 7.00. The van der Waals surface area contributed by atoms with Gasteiger partial charge in [0.2, 0.25) is 0 Å². The van der Waals surface area contributed by atoms with E-state index in [9.17, 15) is 0 Å². The number of benzene rings is 1. The lowest BCUT2D eigenvalue weighted by atomic mass is 10.2. The average Bonchev–Trinajstić information content (AvgIpc) is 2.48. The highest BCUT2D eigenvalue weighted by Gasteiger charge is 2.06. The Balaban J connectivity index is 2.66. The molecule has 0 atom stereocenters. The van der Waals surface area contributed by atoms with Crippen LogP contribution in [0.25, 0.3) is 0 Å². The van der Waals surface area contributed by atoms with Crippen LogP contribution in [-0.2, 0) is 11.3 Å². The fourth-order valence-electron chi connectivity index (χ4n) is 1.67. The standard InChI is InChI=1S/C16H25NO3/c1-4-9-19-15-7-6-14(13-17-8-11-18-3)16(12-15)20-10-5-2/h5-7,12,17H,2,4,8-11,13H2,1,3H3. The lowest BCUT2D eigenvalue weighted by molar-refractivity contribution is 0.199. The van der Waals surface area contributed by atoms with Crippen LogP contribution >= 0.6 is 0 Å². The zero-order valence-electron chi connectivity index (χ0n) is 12.5. The fraction of sp³-hybridized carbons (Fsp3) is 0.500. The summed E-state index contributed by atoms with van der Waals surface area (Å²) in [7, 11) is 1.69. The van der Waals surface area contributed by atoms with E-state index in [1.165, 1.54) is 0 Å². The minimum atomic E-state index is 0.488. The van der Waals surface area contributed by atoms with E-state index in [-0.39, 0.29) is 0 Å². The maximum atomic E-state index is 5.69. The molecule has 0 heterocycles. The summed E-state index contributed by atoms with van der Waals surface area (Å²) < 4.78 is 16.3. The number of hydrogen-bond donors (Lipinski definition) is 1. The molecule has 0 aliphatic heterocycles. The zero-order chi connectivity index (χ0) is 14.6. The van der Waals surface area contributed by atoms with Gasteiger partial charge < -0.3 is 19.5 Å². The molecule has 0 unspecified atom stereocenters. The van der Waals surface area contributed by atoms with Crippen molar-refractivity contribution in [1.82, 2.24) is 5.32 Å². The first-order valence-electron chi connectivity index (χ1n) is 7.00. The average molecular weight is 279 g/mol. The van der Waals surface area contributed by atoms with Crippen molar-refractivity contribution in [3.8, 4) is 11.5 Å². The van der Waals surface area contributed by atoms with Crippen molar-refractivity contribution in [3.05, 3.63) is 36.4 Å². The molecule has 112 valence electrons. The van der Waals surface area contributed by atoms with Crippen molar-refractivity contribution >= 4 is 0 Å². The van der Waals surface area contributed by atoms with Gasteiger partial charge in [0.05, 0.1) is 13.2 Å². The van der Waals surface area contributed by atoms with Gasteiger partial charge in [-0.15, -0.1) is 0 Å². The lowest BCUT2D eigenvalue weighted by Gasteiger charge is -2.13. The Morgan fingerprint density at radius 3 is 2.80 bits per heavy atom. The molecule has 1 aromatic carbocycles. The number of rotatable bonds is 11. The van der Waals surface area contributed by atoms with Gasteiger partial charge in [0, 0.05) is 31.8 Å². The van der Waals surface area contributed by atoms with Crippen LogP contribution in [0.1, 0.15) is 18.9 Å². The summed E-state index contributed by atoms with van der Waals surface area (Å²) in [6, 6.07) is 5.94. The van der Waals surface area contributed by atoms with Crippen LogP contribution in [0.3, 0.4) is 0 Å². The topological polar surface area (TPSA) is 39.7 Å². The molecule has 0 fully saturated rings. The Bertz CT molecular complexity index is 393. The molecular weight excluding hydrogens is 254 g/mol. The van der Waals surface area contributed by atoms with E-state index in [0.29, 0.717) is 19.8 Å². The molecular formula is C16H25NO3. The van der Waals surface area contributed by atoms with Crippen LogP contribution in [0.2, 0.25) is 0 Å². The summed E-state index contributed by atoms with van der Waals surface area (Å²) in [6.07, 6.45) is 2.73. The van der Waals surface area contributed by atoms with Crippen molar-refractivity contribution in [1.29, 1.82) is 0 Å². The van der Waals surface area contributed by atoms with Crippen LogP contribution in [0.15, 0.2) is 30.9 Å². The van der Waals surface area contributed by atoms with Gasteiger partial charge >= 0.3 is 0 Å². The van der Waals surface area contributed by atoms with Crippen molar-refractivity contribution in [3.63, 3.8) is 0 Å². The van der Waals surface area contributed by atoms with E-state index in [2.05, 4.69) is 18.8 Å². The van der Waals surface area contributed by atoms with E-state index in [4.69, 9.17) is 14.2 Å². The number of methoxy groups -OCH3 is 1. The first-order chi connectivity index (χ1) is 9.81. The first kappa shape index (κ1) is 16.5. The predicted octanol–water partition coefficient (Wildman–Crippen LogP) is 2.78. The third-order valence-electron chi connectivity index (χ3n) is 2.67. The highest BCUT2D eigenvalue weighted by atomic mass is 16.5. The number of hydrogen-bond acceptors (Lipinski definition) is 4. The smallest absolute Gasteiger partial charge is 0.127 e. The minimum absolute atomic E-state index is 0.488. The summed E-state index contributed by atoms with van der Waals surface area (Å²) in [5.41, 5.74) is 1.10. The van der Waals surface area contributed by atoms with Gasteiger partial charge in [0.15, 0.2) is 0 Å². The van der Waals surface area contributed by atoms with Gasteiger partial charge in [-0.3, -0.25) is 0 Å². The summed E-state index contributed by atoms with van der Waals surface area (Å²) in [5, 5.41) is 3.31. The molecule has 1 N–H and O–H groups in total. The number of ether oxygens (including phenoxy) is 3. The molecule has 0 aliphatic rings. The van der Waals surface area contributed by atoms with E-state index in [1.807, 2.05) is 18.2 Å². The molecule has 1 aromatic rings. The molecule has 0 amide bonds. The summed E-state index contributed by atoms with van der Waals surface area (Å²) in [5.74, 6) is 1.68. The van der Waals surface area contributed by atoms with E-state index >= 15 is 0 Å². The monoisotopic (exact) mass is 279 g/mol. The fourth-order valence-corrected chi connectivity index (χ4v) is 1.67. The third kappa shape index (κ3) is 6.08. The Morgan fingerprint density at radius 2 is 2.10 bits per heavy atom. The Morgan fingerprint density at radius 1 is 1.25 bits per heavy atom. The van der Waals surface area contributed by atoms with Gasteiger partial charge in [-0.05, 0) is 12.5 Å². The second-order valence-corrected chi connectivity index (χ2v) is 4.39. The molecule has 4 nitrogen and oxygen atoms in total. The Hall–Kier alpha value is -1.52. The largest absolute Gasteiger partial charge is 0.493 e. The highest BCUT2D eigenvalue weighted by molar-refractivity contribution is 5.40. The second-order valence-electron chi connectivity index (χ2n) is 4.39. The van der Waals surface area contributed by atoms with Gasteiger partial charge in [-0.2, -0.15) is 0 Å². The van der Waals surface area contributed by atoms with Gasteiger partial charge in [0.1, 0.15) is 18.1 Å². The van der Waals surface area contributed by atoms with Crippen molar-refractivity contribution < 1.29 is 14.2 Å². The van der Waals surface area contributed by atoms with E-state index in [0.717, 1.165) is 36.6 Å². The zero-order valence-corrected chi connectivity index (χ0v) is 12.5. The van der Waals surface area contributed by atoms with Gasteiger partial charge in [-0.25, -0.2) is 0 Å². The van der Waals surface area contributed by atoms with Gasteiger partial charge in [-0.1, -0.05) is 25.6 Å². The molecule has 0 saturated carbocycles. The summed E-state index contributed by atoms with van der Waals surface area (Å²) in [6.45, 7) is 9.21. The maximum Gasteiger partial charge on any atom is 0.127 e. The van der Waals surface area contributed by atoms with Crippen molar-refractivity contribution in [2.24, 2.45) is 0 Å². The molecule has 0 saturated heterocycles. The molecule has 20 heavy (non-hydrogen) atoms. The Kier molecular flexibility index (Phi) is 8.51. The molecule has 1 rings (SSSR count). The quantitative estimate of drug-likeness (QED) is 0.499. The van der Waals surface area contributed by atoms with Crippen molar-refractivity contribution in [2.75, 3.05) is 33.5 Å². The van der Waals surface area contributed by atoms with Crippen LogP contribution in [0.5, 0.6) is 11.5 Å². The van der Waals surface area contributed by atoms with Crippen LogP contribution in [0.4, 0.5) is 0 Å². The molecule has 4 heteroatoms. The van der Waals surface area contributed by atoms with Crippen LogP contribution < -0.4 is 14.8 Å². The van der Waals surface area contributed by atoms with E-state index < -0.39 is 0 Å². The van der Waals surface area contributed by atoms with E-state index in [1.54, 1.807) is 13.2 Å². The molecule has 0 bridgehead atoms. The third-order valence-corrected chi connectivity index (χ3v) is 2.67. The lowest BCUT2D eigenvalue weighted by Crippen LogP contribution is -2.19. The molecule has 0 aliphatic carbocycles. The number of nitrogens with one attached hydrogen (secondary N) is 1. The summed E-state index contributed by atoms with van der Waals surface area (Å²) >= 11 is 0. The SMILES string of the molecule is C=CCOc1cc(OCCC)ccc1CNCCOC.